The van der Waals surface area contributed by atoms with E-state index in [1.165, 1.54) is 0 Å². The number of nitrogens with zero attached hydrogens (tertiary/aromatic N) is 3. The van der Waals surface area contributed by atoms with E-state index in [9.17, 15) is 14.9 Å². The molecule has 0 radical (unpaired) electrons. The maximum absolute atomic E-state index is 13.4. The minimum absolute atomic E-state index is 0. The zero-order chi connectivity index (χ0) is 23.4. The van der Waals surface area contributed by atoms with Crippen LogP contribution in [0.5, 0.6) is 0 Å². The highest BCUT2D eigenvalue weighted by Crippen LogP contribution is 2.27. The van der Waals surface area contributed by atoms with Crippen LogP contribution in [0.3, 0.4) is 0 Å². The van der Waals surface area contributed by atoms with E-state index < -0.39 is 17.3 Å². The summed E-state index contributed by atoms with van der Waals surface area (Å²) in [6.07, 6.45) is 2.79. The first-order valence-electron chi connectivity index (χ1n) is 11.4. The lowest BCUT2D eigenvalue weighted by Crippen LogP contribution is -2.57. The Morgan fingerprint density at radius 1 is 1.34 bits per heavy atom. The quantitative estimate of drug-likeness (QED) is 0.609. The van der Waals surface area contributed by atoms with Crippen molar-refractivity contribution in [2.24, 2.45) is 5.41 Å². The van der Waals surface area contributed by atoms with Crippen molar-refractivity contribution in [1.82, 2.24) is 20.2 Å². The number of nitrogens with one attached hydrogen (secondary N) is 3. The largest absolute Gasteiger partial charge is 0.358 e. The first kappa shape index (κ1) is 23.7. The SMILES string of the molecule is CCCN1CCC(C#N)(NC(=O)[C@H](CC(C)(C)C)Nc2nc(=O)[nH]c3ccccc23)CC1.[HH]. The number of anilines is 1. The van der Waals surface area contributed by atoms with Gasteiger partial charge in [-0.3, -0.25) is 4.79 Å². The van der Waals surface area contributed by atoms with Crippen LogP contribution in [-0.2, 0) is 4.79 Å². The second-order valence-corrected chi connectivity index (χ2v) is 9.92. The lowest BCUT2D eigenvalue weighted by atomic mass is 9.85. The van der Waals surface area contributed by atoms with Gasteiger partial charge in [-0.05, 0) is 49.8 Å². The Bertz CT molecular complexity index is 1050. The highest BCUT2D eigenvalue weighted by atomic mass is 16.2. The van der Waals surface area contributed by atoms with Crippen molar-refractivity contribution < 1.29 is 6.22 Å². The van der Waals surface area contributed by atoms with Gasteiger partial charge in [-0.2, -0.15) is 10.2 Å². The van der Waals surface area contributed by atoms with Gasteiger partial charge >= 0.3 is 5.69 Å². The number of benzene rings is 1. The number of carbonyl (C=O) groups excluding carboxylic acids is 1. The van der Waals surface area contributed by atoms with Crippen LogP contribution in [-0.4, -0.2) is 52.0 Å². The first-order valence-corrected chi connectivity index (χ1v) is 11.4. The fourth-order valence-electron chi connectivity index (χ4n) is 4.26. The van der Waals surface area contributed by atoms with Crippen molar-refractivity contribution in [3.05, 3.63) is 34.7 Å². The second-order valence-electron chi connectivity index (χ2n) is 9.92. The van der Waals surface area contributed by atoms with E-state index in [4.69, 9.17) is 0 Å². The summed E-state index contributed by atoms with van der Waals surface area (Å²) in [5.41, 5.74) is -0.848. The summed E-state index contributed by atoms with van der Waals surface area (Å²) in [6, 6.07) is 9.10. The molecule has 0 spiro atoms. The smallest absolute Gasteiger partial charge is 0.347 e. The molecule has 2 heterocycles. The molecule has 1 saturated heterocycles. The summed E-state index contributed by atoms with van der Waals surface area (Å²) in [4.78, 5) is 34.7. The number of para-hydroxylation sites is 1. The third-order valence-corrected chi connectivity index (χ3v) is 5.91. The molecular formula is C24H36N6O2. The number of hydrogen-bond acceptors (Lipinski definition) is 6. The van der Waals surface area contributed by atoms with Gasteiger partial charge in [0.15, 0.2) is 0 Å². The Morgan fingerprint density at radius 3 is 2.66 bits per heavy atom. The Kier molecular flexibility index (Phi) is 7.19. The number of carbonyl (C=O) groups is 1. The number of aromatic amines is 1. The van der Waals surface area contributed by atoms with Crippen molar-refractivity contribution in [3.63, 3.8) is 0 Å². The first-order chi connectivity index (χ1) is 15.1. The molecule has 0 saturated carbocycles. The molecule has 1 aromatic carbocycles. The Labute approximate surface area is 190 Å². The zero-order valence-electron chi connectivity index (χ0n) is 19.5. The number of nitriles is 1. The van der Waals surface area contributed by atoms with Crippen LogP contribution < -0.4 is 16.3 Å². The average Bonchev–Trinajstić information content (AvgIpc) is 2.74. The van der Waals surface area contributed by atoms with Crippen molar-refractivity contribution >= 4 is 22.6 Å². The van der Waals surface area contributed by atoms with E-state index in [0.717, 1.165) is 31.4 Å². The molecule has 8 heteroatoms. The Balaban J connectivity index is 0.00000385. The van der Waals surface area contributed by atoms with E-state index in [1.807, 2.05) is 18.2 Å². The molecule has 174 valence electrons. The number of H-pyrrole nitrogens is 1. The molecular weight excluding hydrogens is 404 g/mol. The summed E-state index contributed by atoms with van der Waals surface area (Å²) in [5.74, 6) is 0.133. The predicted octanol–water partition coefficient (Wildman–Crippen LogP) is 3.27. The zero-order valence-corrected chi connectivity index (χ0v) is 19.5. The lowest BCUT2D eigenvalue weighted by Gasteiger charge is -2.39. The standard InChI is InChI=1S/C24H34N6O2.H2/c1-5-12-30-13-10-24(16-25,11-14-30)29-21(31)19(15-23(2,3)4)26-20-17-8-6-7-9-18(17)27-22(32)28-20;/h6-9,19H,5,10-15H2,1-4H3,(H,29,31)(H2,26,27,28,32);1H/t19-;/m0./s1. The van der Waals surface area contributed by atoms with Gasteiger partial charge in [-0.1, -0.05) is 39.8 Å². The molecule has 0 bridgehead atoms. The summed E-state index contributed by atoms with van der Waals surface area (Å²) >= 11 is 0. The van der Waals surface area contributed by atoms with E-state index in [0.29, 0.717) is 30.6 Å². The van der Waals surface area contributed by atoms with Crippen LogP contribution in [0.1, 0.15) is 54.8 Å². The molecule has 1 aliphatic rings. The summed E-state index contributed by atoms with van der Waals surface area (Å²) < 4.78 is 0. The van der Waals surface area contributed by atoms with Crippen molar-refractivity contribution in [2.75, 3.05) is 25.0 Å². The van der Waals surface area contributed by atoms with Crippen LogP contribution >= 0.6 is 0 Å². The monoisotopic (exact) mass is 440 g/mol. The van der Waals surface area contributed by atoms with Crippen LogP contribution in [0.15, 0.2) is 29.1 Å². The number of hydrogen-bond donors (Lipinski definition) is 3. The number of aromatic nitrogens is 2. The van der Waals surface area contributed by atoms with Crippen molar-refractivity contribution in [3.8, 4) is 6.07 Å². The number of fused-ring (bicyclic) bond motifs is 1. The topological polar surface area (TPSA) is 114 Å². The fourth-order valence-corrected chi connectivity index (χ4v) is 4.26. The molecule has 1 fully saturated rings. The van der Waals surface area contributed by atoms with E-state index in [1.54, 1.807) is 6.07 Å². The maximum atomic E-state index is 13.4. The molecule has 1 aliphatic heterocycles. The van der Waals surface area contributed by atoms with Crippen molar-refractivity contribution in [1.29, 1.82) is 5.26 Å². The molecule has 8 nitrogen and oxygen atoms in total. The summed E-state index contributed by atoms with van der Waals surface area (Å²) in [7, 11) is 0. The molecule has 0 unspecified atom stereocenters. The third kappa shape index (κ3) is 5.86. The highest BCUT2D eigenvalue weighted by Gasteiger charge is 2.38. The Hall–Kier alpha value is -2.92. The number of piperidine rings is 1. The van der Waals surface area contributed by atoms with Crippen LogP contribution in [0.2, 0.25) is 0 Å². The van der Waals surface area contributed by atoms with Gasteiger partial charge < -0.3 is 20.5 Å². The molecule has 1 atom stereocenters. The third-order valence-electron chi connectivity index (χ3n) is 5.91. The minimum Gasteiger partial charge on any atom is -0.358 e. The molecule has 0 aliphatic carbocycles. The summed E-state index contributed by atoms with van der Waals surface area (Å²) in [6.45, 7) is 10.9. The van der Waals surface area contributed by atoms with Crippen LogP contribution in [0.4, 0.5) is 5.82 Å². The van der Waals surface area contributed by atoms with E-state index >= 15 is 0 Å². The fraction of sp³-hybridized carbons (Fsp3) is 0.583. The average molecular weight is 441 g/mol. The number of amides is 1. The van der Waals surface area contributed by atoms with Gasteiger partial charge in [-0.15, -0.1) is 0 Å². The molecule has 1 aromatic heterocycles. The van der Waals surface area contributed by atoms with Gasteiger partial charge in [-0.25, -0.2) is 4.79 Å². The molecule has 32 heavy (non-hydrogen) atoms. The van der Waals surface area contributed by atoms with Gasteiger partial charge in [0.2, 0.25) is 5.91 Å². The van der Waals surface area contributed by atoms with Crippen molar-refractivity contribution in [2.45, 2.75) is 65.0 Å². The molecule has 1 amide bonds. The lowest BCUT2D eigenvalue weighted by molar-refractivity contribution is -0.124. The molecule has 3 rings (SSSR count). The number of rotatable bonds is 7. The number of likely N-dealkylation sites (tertiary alicyclic amines) is 1. The second kappa shape index (κ2) is 9.70. The van der Waals surface area contributed by atoms with Gasteiger partial charge in [0.05, 0.1) is 11.6 Å². The maximum Gasteiger partial charge on any atom is 0.347 e. The molecule has 2 aromatic rings. The van der Waals surface area contributed by atoms with E-state index in [-0.39, 0.29) is 12.7 Å². The van der Waals surface area contributed by atoms with Gasteiger partial charge in [0, 0.05) is 19.9 Å². The van der Waals surface area contributed by atoms with Crippen LogP contribution in [0, 0.1) is 16.7 Å². The predicted molar refractivity (Wildman–Crippen MR) is 128 cm³/mol. The minimum atomic E-state index is -0.872. The van der Waals surface area contributed by atoms with Crippen LogP contribution in [0.25, 0.3) is 10.9 Å². The van der Waals surface area contributed by atoms with E-state index in [2.05, 4.69) is 59.3 Å². The van der Waals surface area contributed by atoms with Gasteiger partial charge in [0.25, 0.3) is 0 Å². The van der Waals surface area contributed by atoms with Gasteiger partial charge in [0.1, 0.15) is 17.4 Å². The normalized spacial score (nSPS) is 17.5. The Morgan fingerprint density at radius 2 is 2.03 bits per heavy atom. The summed E-state index contributed by atoms with van der Waals surface area (Å²) in [5, 5.41) is 16.9. The molecule has 3 N–H and O–H groups in total. The highest BCUT2D eigenvalue weighted by molar-refractivity contribution is 5.92.